The Morgan fingerprint density at radius 1 is 1.00 bits per heavy atom. The van der Waals surface area contributed by atoms with Gasteiger partial charge in [0.2, 0.25) is 0 Å². The van der Waals surface area contributed by atoms with E-state index in [1.54, 1.807) is 11.0 Å². The van der Waals surface area contributed by atoms with Gasteiger partial charge < -0.3 is 20.3 Å². The lowest BCUT2D eigenvalue weighted by Gasteiger charge is -2.36. The molecule has 3 rings (SSSR count). The van der Waals surface area contributed by atoms with Crippen molar-refractivity contribution < 1.29 is 14.3 Å². The zero-order valence-electron chi connectivity index (χ0n) is 14.5. The number of anilines is 2. The largest absolute Gasteiger partial charge is 0.452 e. The normalized spacial score (nSPS) is 14.1. The smallest absolute Gasteiger partial charge is 0.340 e. The second kappa shape index (κ2) is 8.50. The lowest BCUT2D eigenvalue weighted by Crippen LogP contribution is -2.49. The fourth-order valence-corrected chi connectivity index (χ4v) is 3.27. The Hall–Kier alpha value is -2.44. The van der Waals surface area contributed by atoms with E-state index in [0.717, 1.165) is 5.69 Å². The highest BCUT2D eigenvalue weighted by atomic mass is 35.5. The van der Waals surface area contributed by atoms with E-state index in [1.165, 1.54) is 12.1 Å². The Kier molecular flexibility index (Phi) is 6.08. The average molecular weight is 408 g/mol. The maximum Gasteiger partial charge on any atom is 0.340 e. The van der Waals surface area contributed by atoms with Crippen LogP contribution in [0.15, 0.2) is 42.5 Å². The lowest BCUT2D eigenvalue weighted by molar-refractivity contribution is -0.134. The van der Waals surface area contributed by atoms with Crippen molar-refractivity contribution in [1.29, 1.82) is 0 Å². The van der Waals surface area contributed by atoms with Gasteiger partial charge in [0.1, 0.15) is 0 Å². The minimum absolute atomic E-state index is 0.193. The number of carbonyl (C=O) groups is 2. The number of rotatable bonds is 4. The molecule has 1 amide bonds. The van der Waals surface area contributed by atoms with E-state index in [9.17, 15) is 9.59 Å². The summed E-state index contributed by atoms with van der Waals surface area (Å²) in [6.45, 7) is 2.14. The first kappa shape index (κ1) is 19.3. The fourth-order valence-electron chi connectivity index (χ4n) is 2.90. The van der Waals surface area contributed by atoms with E-state index in [2.05, 4.69) is 4.90 Å². The zero-order chi connectivity index (χ0) is 19.4. The van der Waals surface area contributed by atoms with E-state index in [-0.39, 0.29) is 23.8 Å². The Labute approximate surface area is 167 Å². The molecule has 0 spiro atoms. The molecule has 0 bridgehead atoms. The Bertz CT molecular complexity index is 852. The topological polar surface area (TPSA) is 75.9 Å². The van der Waals surface area contributed by atoms with Crippen LogP contribution in [0.2, 0.25) is 10.0 Å². The van der Waals surface area contributed by atoms with E-state index in [0.29, 0.717) is 36.2 Å². The Morgan fingerprint density at radius 3 is 2.37 bits per heavy atom. The van der Waals surface area contributed by atoms with Gasteiger partial charge in [-0.1, -0.05) is 29.3 Å². The molecule has 2 N–H and O–H groups in total. The number of ether oxygens (including phenoxy) is 1. The van der Waals surface area contributed by atoms with E-state index < -0.39 is 5.97 Å². The van der Waals surface area contributed by atoms with Gasteiger partial charge in [-0.25, -0.2) is 4.79 Å². The number of piperazine rings is 1. The number of nitrogen functional groups attached to an aromatic ring is 1. The lowest BCUT2D eigenvalue weighted by atomic mass is 10.2. The van der Waals surface area contributed by atoms with Crippen molar-refractivity contribution in [3.63, 3.8) is 0 Å². The molecule has 2 aromatic carbocycles. The molecule has 1 aliphatic heterocycles. The molecule has 142 valence electrons. The van der Waals surface area contributed by atoms with Crippen LogP contribution in [-0.4, -0.2) is 49.6 Å². The second-order valence-corrected chi connectivity index (χ2v) is 7.03. The highest BCUT2D eigenvalue weighted by Gasteiger charge is 2.23. The molecule has 0 unspecified atom stereocenters. The summed E-state index contributed by atoms with van der Waals surface area (Å²) >= 11 is 11.8. The highest BCUT2D eigenvalue weighted by molar-refractivity contribution is 6.31. The van der Waals surface area contributed by atoms with Gasteiger partial charge in [-0.05, 0) is 36.4 Å². The fraction of sp³-hybridized carbons (Fsp3) is 0.263. The quantitative estimate of drug-likeness (QED) is 0.622. The molecule has 0 aliphatic carbocycles. The van der Waals surface area contributed by atoms with Crippen LogP contribution >= 0.6 is 23.2 Å². The van der Waals surface area contributed by atoms with Crippen molar-refractivity contribution in [2.75, 3.05) is 43.4 Å². The molecular weight excluding hydrogens is 389 g/mol. The summed E-state index contributed by atoms with van der Waals surface area (Å²) in [5.41, 5.74) is 7.19. The van der Waals surface area contributed by atoms with Crippen molar-refractivity contribution in [1.82, 2.24) is 4.90 Å². The number of esters is 1. The molecule has 0 atom stereocenters. The molecular formula is C19H19Cl2N3O3. The number of nitrogens with zero attached hydrogens (tertiary/aromatic N) is 2. The van der Waals surface area contributed by atoms with Gasteiger partial charge in [0.05, 0.1) is 5.56 Å². The zero-order valence-corrected chi connectivity index (χ0v) is 16.0. The first-order chi connectivity index (χ1) is 12.9. The summed E-state index contributed by atoms with van der Waals surface area (Å²) in [7, 11) is 0. The molecule has 8 heteroatoms. The summed E-state index contributed by atoms with van der Waals surface area (Å²) in [5, 5.41) is 1.11. The molecule has 1 saturated heterocycles. The van der Waals surface area contributed by atoms with Gasteiger partial charge in [-0.3, -0.25) is 4.79 Å². The van der Waals surface area contributed by atoms with E-state index >= 15 is 0 Å². The van der Waals surface area contributed by atoms with Gasteiger partial charge in [0.25, 0.3) is 5.91 Å². The van der Waals surface area contributed by atoms with Crippen LogP contribution in [0, 0.1) is 0 Å². The molecule has 1 heterocycles. The van der Waals surface area contributed by atoms with Crippen molar-refractivity contribution >= 4 is 46.5 Å². The minimum atomic E-state index is -0.643. The summed E-state index contributed by atoms with van der Waals surface area (Å²) in [5.74, 6) is -0.878. The summed E-state index contributed by atoms with van der Waals surface area (Å²) in [6, 6.07) is 12.1. The van der Waals surface area contributed by atoms with Crippen LogP contribution in [0.1, 0.15) is 10.4 Å². The molecule has 1 aliphatic rings. The molecule has 27 heavy (non-hydrogen) atoms. The number of hydrogen-bond acceptors (Lipinski definition) is 5. The van der Waals surface area contributed by atoms with E-state index in [4.69, 9.17) is 33.7 Å². The predicted molar refractivity (Wildman–Crippen MR) is 106 cm³/mol. The van der Waals surface area contributed by atoms with Crippen LogP contribution in [0.4, 0.5) is 11.4 Å². The van der Waals surface area contributed by atoms with Gasteiger partial charge in [0.15, 0.2) is 6.61 Å². The molecule has 1 fully saturated rings. The monoisotopic (exact) mass is 407 g/mol. The van der Waals surface area contributed by atoms with Gasteiger partial charge >= 0.3 is 5.97 Å². The third-order valence-corrected chi connectivity index (χ3v) is 4.84. The first-order valence-electron chi connectivity index (χ1n) is 8.44. The number of hydrogen-bond donors (Lipinski definition) is 1. The third kappa shape index (κ3) is 4.84. The number of nitrogens with two attached hydrogens (primary N) is 1. The minimum Gasteiger partial charge on any atom is -0.452 e. The number of halogens is 2. The van der Waals surface area contributed by atoms with Crippen LogP contribution in [0.25, 0.3) is 0 Å². The number of carbonyl (C=O) groups excluding carboxylic acids is 2. The Morgan fingerprint density at radius 2 is 1.70 bits per heavy atom. The van der Waals surface area contributed by atoms with Gasteiger partial charge in [0, 0.05) is 47.6 Å². The maximum absolute atomic E-state index is 12.3. The average Bonchev–Trinajstić information content (AvgIpc) is 2.66. The number of benzene rings is 2. The van der Waals surface area contributed by atoms with Crippen LogP contribution < -0.4 is 10.6 Å². The summed E-state index contributed by atoms with van der Waals surface area (Å²) in [6.07, 6.45) is 0. The van der Waals surface area contributed by atoms with Crippen molar-refractivity contribution in [2.45, 2.75) is 0 Å². The van der Waals surface area contributed by atoms with Crippen LogP contribution in [0.3, 0.4) is 0 Å². The molecule has 0 aromatic heterocycles. The standard InChI is InChI=1S/C19H19Cl2N3O3/c20-13-2-1-3-15(10-13)23-6-8-24(9-7-23)18(25)12-27-19(26)16-5-4-14(21)11-17(16)22/h1-5,10-11H,6-9,12,22H2. The van der Waals surface area contributed by atoms with E-state index in [1.807, 2.05) is 24.3 Å². The Balaban J connectivity index is 1.50. The predicted octanol–water partition coefficient (Wildman–Crippen LogP) is 3.08. The highest BCUT2D eigenvalue weighted by Crippen LogP contribution is 2.21. The summed E-state index contributed by atoms with van der Waals surface area (Å²) < 4.78 is 5.11. The maximum atomic E-state index is 12.3. The first-order valence-corrected chi connectivity index (χ1v) is 9.20. The van der Waals surface area contributed by atoms with Crippen molar-refractivity contribution in [3.05, 3.63) is 58.1 Å². The summed E-state index contributed by atoms with van der Waals surface area (Å²) in [4.78, 5) is 28.3. The van der Waals surface area contributed by atoms with Crippen LogP contribution in [-0.2, 0) is 9.53 Å². The van der Waals surface area contributed by atoms with Gasteiger partial charge in [-0.2, -0.15) is 0 Å². The van der Waals surface area contributed by atoms with Crippen LogP contribution in [0.5, 0.6) is 0 Å². The number of amides is 1. The molecule has 2 aromatic rings. The third-order valence-electron chi connectivity index (χ3n) is 4.37. The molecule has 0 saturated carbocycles. The van der Waals surface area contributed by atoms with Gasteiger partial charge in [-0.15, -0.1) is 0 Å². The van der Waals surface area contributed by atoms with Crippen molar-refractivity contribution in [3.8, 4) is 0 Å². The molecule has 6 nitrogen and oxygen atoms in total. The second-order valence-electron chi connectivity index (χ2n) is 6.16. The molecule has 0 radical (unpaired) electrons. The SMILES string of the molecule is Nc1cc(Cl)ccc1C(=O)OCC(=O)N1CCN(c2cccc(Cl)c2)CC1. The van der Waals surface area contributed by atoms with Crippen molar-refractivity contribution in [2.24, 2.45) is 0 Å².